The highest BCUT2D eigenvalue weighted by Gasteiger charge is 2.17. The number of hydrogen-bond acceptors (Lipinski definition) is 4. The summed E-state index contributed by atoms with van der Waals surface area (Å²) in [6.45, 7) is 2.73. The summed E-state index contributed by atoms with van der Waals surface area (Å²) >= 11 is 0. The summed E-state index contributed by atoms with van der Waals surface area (Å²) in [4.78, 5) is 10.2. The molecule has 5 heteroatoms. The molecule has 0 fully saturated rings. The molecule has 0 aromatic rings. The second-order valence-corrected chi connectivity index (χ2v) is 1.98. The van der Waals surface area contributed by atoms with Crippen molar-refractivity contribution in [2.75, 3.05) is 0 Å². The number of carbonyl (C=O) groups excluding carboxylic acids is 1. The highest BCUT2D eigenvalue weighted by Crippen LogP contribution is 2.04. The van der Waals surface area contributed by atoms with Crippen LogP contribution in [0.5, 0.6) is 0 Å². The van der Waals surface area contributed by atoms with Crippen molar-refractivity contribution < 1.29 is 9.53 Å². The van der Waals surface area contributed by atoms with E-state index in [0.29, 0.717) is 0 Å². The third kappa shape index (κ3) is 4.06. The van der Waals surface area contributed by atoms with Gasteiger partial charge in [-0.25, -0.2) is 4.74 Å². The van der Waals surface area contributed by atoms with Gasteiger partial charge in [-0.1, -0.05) is 0 Å². The van der Waals surface area contributed by atoms with Crippen LogP contribution in [0.2, 0.25) is 0 Å². The number of ether oxygens (including phenoxy) is 1. The molecule has 0 aliphatic heterocycles. The van der Waals surface area contributed by atoms with Crippen LogP contribution in [0.4, 0.5) is 0 Å². The van der Waals surface area contributed by atoms with E-state index >= 15 is 0 Å². The molecule has 0 aliphatic rings. The fourth-order valence-electron chi connectivity index (χ4n) is 0.314. The number of rotatable bonds is 2. The van der Waals surface area contributed by atoms with Crippen LogP contribution < -0.4 is 5.73 Å². The van der Waals surface area contributed by atoms with Crippen molar-refractivity contribution in [3.63, 3.8) is 0 Å². The van der Waals surface area contributed by atoms with E-state index in [2.05, 4.69) is 18.5 Å². The van der Waals surface area contributed by atoms with E-state index in [-0.39, 0.29) is 0 Å². The van der Waals surface area contributed by atoms with E-state index in [9.17, 15) is 4.79 Å². The van der Waals surface area contributed by atoms with Crippen LogP contribution in [0, 0.1) is 0 Å². The summed E-state index contributed by atoms with van der Waals surface area (Å²) in [6, 6.07) is 0. The fraction of sp³-hybridized carbons (Fsp3) is 0.750. The van der Waals surface area contributed by atoms with Crippen molar-refractivity contribution >= 4 is 15.0 Å². The van der Waals surface area contributed by atoms with Gasteiger partial charge >= 0.3 is 5.97 Å². The maximum Gasteiger partial charge on any atom is 0.305 e. The van der Waals surface area contributed by atoms with Gasteiger partial charge in [0.25, 0.3) is 5.85 Å². The van der Waals surface area contributed by atoms with Crippen LogP contribution in [-0.2, 0) is 9.53 Å². The van der Waals surface area contributed by atoms with Gasteiger partial charge < -0.3 is 4.74 Å². The monoisotopic (exact) mass is 148 g/mol. The van der Waals surface area contributed by atoms with Crippen LogP contribution in [0.3, 0.4) is 0 Å². The molecule has 0 saturated carbocycles. The molecule has 0 amide bonds. The van der Waals surface area contributed by atoms with Gasteiger partial charge in [-0.15, -0.1) is 0 Å². The summed E-state index contributed by atoms with van der Waals surface area (Å²) in [6.07, 6.45) is 0. The zero-order chi connectivity index (χ0) is 7.49. The van der Waals surface area contributed by atoms with Crippen molar-refractivity contribution in [3.05, 3.63) is 0 Å². The molecule has 2 N–H and O–H groups in total. The molecule has 0 bridgehead atoms. The second kappa shape index (κ2) is 2.90. The van der Waals surface area contributed by atoms with Crippen LogP contribution in [0.25, 0.3) is 0 Å². The fourth-order valence-corrected chi connectivity index (χ4v) is 0.359. The quantitative estimate of drug-likeness (QED) is 0.352. The molecule has 1 atom stereocenters. The highest BCUT2D eigenvalue weighted by molar-refractivity contribution is 7.04. The summed E-state index contributed by atoms with van der Waals surface area (Å²) in [7, 11) is 2.77. The third-order valence-corrected chi connectivity index (χ3v) is 1.02. The van der Waals surface area contributed by atoms with Gasteiger partial charge in [-0.05, 0) is 9.03 Å². The molecule has 0 spiro atoms. The molecule has 0 aliphatic carbocycles. The highest BCUT2D eigenvalue weighted by atomic mass is 31.0. The van der Waals surface area contributed by atoms with Crippen molar-refractivity contribution in [1.29, 1.82) is 0 Å². The molecule has 1 unspecified atom stereocenters. The van der Waals surface area contributed by atoms with Gasteiger partial charge in [0.05, 0.1) is 0 Å². The number of carbonyl (C=O) groups is 1. The van der Waals surface area contributed by atoms with Crippen molar-refractivity contribution in [2.45, 2.75) is 19.7 Å². The lowest BCUT2D eigenvalue weighted by atomic mass is 10.5. The molecular weight excluding hydrogens is 139 g/mol. The lowest BCUT2D eigenvalue weighted by molar-refractivity contribution is -0.153. The van der Waals surface area contributed by atoms with Crippen LogP contribution in [0.15, 0.2) is 4.74 Å². The lowest BCUT2D eigenvalue weighted by Crippen LogP contribution is -2.37. The number of esters is 1. The smallest absolute Gasteiger partial charge is 0.305 e. The minimum absolute atomic E-state index is 0.456. The van der Waals surface area contributed by atoms with Gasteiger partial charge in [-0.2, -0.15) is 0 Å². The number of nitrogens with zero attached hydrogens (tertiary/aromatic N) is 1. The van der Waals surface area contributed by atoms with Gasteiger partial charge in [0.2, 0.25) is 0 Å². The Kier molecular flexibility index (Phi) is 2.74. The van der Waals surface area contributed by atoms with Crippen LogP contribution in [-0.4, -0.2) is 11.8 Å². The predicted molar refractivity (Wildman–Crippen MR) is 35.1 cm³/mol. The molecular formula is C4H9N2O2P. The normalized spacial score (nSPS) is 15.9. The molecule has 0 heterocycles. The Morgan fingerprint density at radius 2 is 2.33 bits per heavy atom. The average molecular weight is 148 g/mol. The molecule has 52 valence electrons. The SMILES string of the molecule is CC(=O)OC(C)(N)N=P. The molecule has 0 rings (SSSR count). The Bertz CT molecular complexity index is 135. The molecule has 4 nitrogen and oxygen atoms in total. The van der Waals surface area contributed by atoms with Gasteiger partial charge in [0, 0.05) is 13.8 Å². The molecule has 0 aromatic carbocycles. The largest absolute Gasteiger partial charge is 0.424 e. The molecule has 9 heavy (non-hydrogen) atoms. The maximum absolute atomic E-state index is 10.2. The summed E-state index contributed by atoms with van der Waals surface area (Å²) in [5.74, 6) is -1.70. The average Bonchev–Trinajstić information content (AvgIpc) is 1.63. The Labute approximate surface area is 55.7 Å². The third-order valence-electron chi connectivity index (χ3n) is 0.572. The zero-order valence-corrected chi connectivity index (χ0v) is 6.34. The summed E-state index contributed by atoms with van der Waals surface area (Å²) < 4.78 is 7.91. The Morgan fingerprint density at radius 1 is 1.89 bits per heavy atom. The Morgan fingerprint density at radius 3 is 2.44 bits per heavy atom. The maximum atomic E-state index is 10.2. The molecule has 0 radical (unpaired) electrons. The van der Waals surface area contributed by atoms with E-state index in [1.807, 2.05) is 0 Å². The van der Waals surface area contributed by atoms with E-state index in [4.69, 9.17) is 5.73 Å². The minimum atomic E-state index is -1.25. The van der Waals surface area contributed by atoms with Crippen LogP contribution in [0.1, 0.15) is 13.8 Å². The first-order valence-corrected chi connectivity index (χ1v) is 2.80. The molecule has 0 aromatic heterocycles. The van der Waals surface area contributed by atoms with Gasteiger partial charge in [0.1, 0.15) is 0 Å². The van der Waals surface area contributed by atoms with E-state index < -0.39 is 11.8 Å². The first-order valence-electron chi connectivity index (χ1n) is 2.35. The van der Waals surface area contributed by atoms with E-state index in [1.165, 1.54) is 13.8 Å². The first-order chi connectivity index (χ1) is 3.98. The standard InChI is InChI=1S/C4H9N2O2P/c1-3(7)8-4(2,5)6-9/h9H,5H2,1-2H3. The van der Waals surface area contributed by atoms with Gasteiger partial charge in [-0.3, -0.25) is 10.5 Å². The van der Waals surface area contributed by atoms with Crippen LogP contribution >= 0.6 is 9.03 Å². The van der Waals surface area contributed by atoms with E-state index in [1.54, 1.807) is 0 Å². The lowest BCUT2D eigenvalue weighted by Gasteiger charge is -2.16. The van der Waals surface area contributed by atoms with Crippen molar-refractivity contribution in [1.82, 2.24) is 0 Å². The van der Waals surface area contributed by atoms with Gasteiger partial charge in [0.15, 0.2) is 0 Å². The Hall–Kier alpha value is -0.470. The van der Waals surface area contributed by atoms with E-state index in [0.717, 1.165) is 0 Å². The second-order valence-electron chi connectivity index (χ2n) is 1.76. The summed E-state index contributed by atoms with van der Waals surface area (Å²) in [5.41, 5.74) is 5.26. The Balaban J connectivity index is 3.86. The predicted octanol–water partition coefficient (Wildman–Crippen LogP) is 0.508. The molecule has 0 saturated heterocycles. The topological polar surface area (TPSA) is 64.7 Å². The summed E-state index contributed by atoms with van der Waals surface area (Å²) in [5, 5.41) is 0. The minimum Gasteiger partial charge on any atom is -0.424 e. The number of hydrogen-bond donors (Lipinski definition) is 1. The van der Waals surface area contributed by atoms with Crippen molar-refractivity contribution in [2.24, 2.45) is 10.5 Å². The first kappa shape index (κ1) is 8.53. The number of nitrogens with two attached hydrogens (primary N) is 1. The zero-order valence-electron chi connectivity index (χ0n) is 5.34. The van der Waals surface area contributed by atoms with Crippen molar-refractivity contribution in [3.8, 4) is 0 Å².